The average Bonchev–Trinajstić information content (AvgIpc) is 2.93. The molecule has 1 aromatic carbocycles. The highest BCUT2D eigenvalue weighted by Crippen LogP contribution is 2.22. The lowest BCUT2D eigenvalue weighted by atomic mass is 10.1. The Kier molecular flexibility index (Phi) is 7.24. The maximum atomic E-state index is 12.1. The van der Waals surface area contributed by atoms with Crippen LogP contribution in [0.3, 0.4) is 0 Å². The first kappa shape index (κ1) is 18.9. The molecule has 0 atom stereocenters. The summed E-state index contributed by atoms with van der Waals surface area (Å²) >= 11 is 0. The summed E-state index contributed by atoms with van der Waals surface area (Å²) in [4.78, 5) is 11.6. The molecule has 1 amide bonds. The number of ether oxygens (including phenoxy) is 1. The molecular formula is C13H20ClN3O4S. The fourth-order valence-corrected chi connectivity index (χ4v) is 2.98. The number of carbonyl (C=O) groups excluding carboxylic acids is 1. The van der Waals surface area contributed by atoms with E-state index in [1.54, 1.807) is 19.2 Å². The van der Waals surface area contributed by atoms with E-state index >= 15 is 0 Å². The van der Waals surface area contributed by atoms with Gasteiger partial charge in [-0.25, -0.2) is 13.1 Å². The van der Waals surface area contributed by atoms with Gasteiger partial charge in [0.05, 0.1) is 24.7 Å². The standard InChI is InChI=1S/C13H19N3O4S.ClH/c1-14-4-5-15-13(17)7-16-21(18,19)12-3-2-10-8-20-9-11(10)6-12;/h2-3,6,14,16H,4-5,7-9H2,1H3,(H,15,17);1H. The third-order valence-electron chi connectivity index (χ3n) is 3.12. The van der Waals surface area contributed by atoms with Crippen LogP contribution in [0, 0.1) is 0 Å². The third kappa shape index (κ3) is 4.92. The largest absolute Gasteiger partial charge is 0.372 e. The Morgan fingerprint density at radius 2 is 1.95 bits per heavy atom. The Morgan fingerprint density at radius 3 is 2.68 bits per heavy atom. The highest BCUT2D eigenvalue weighted by molar-refractivity contribution is 7.89. The number of hydrogen-bond donors (Lipinski definition) is 3. The molecule has 1 aliphatic rings. The molecule has 0 radical (unpaired) electrons. The van der Waals surface area contributed by atoms with Crippen molar-refractivity contribution in [1.82, 2.24) is 15.4 Å². The van der Waals surface area contributed by atoms with Crippen LogP contribution < -0.4 is 15.4 Å². The molecule has 9 heteroatoms. The van der Waals surface area contributed by atoms with E-state index in [0.29, 0.717) is 26.3 Å². The summed E-state index contributed by atoms with van der Waals surface area (Å²) in [6.07, 6.45) is 0. The van der Waals surface area contributed by atoms with Crippen molar-refractivity contribution in [1.29, 1.82) is 0 Å². The van der Waals surface area contributed by atoms with Crippen LogP contribution in [-0.4, -0.2) is 41.0 Å². The van der Waals surface area contributed by atoms with Crippen LogP contribution in [0.1, 0.15) is 11.1 Å². The van der Waals surface area contributed by atoms with Gasteiger partial charge in [-0.15, -0.1) is 12.4 Å². The molecular weight excluding hydrogens is 330 g/mol. The van der Waals surface area contributed by atoms with Crippen molar-refractivity contribution in [3.63, 3.8) is 0 Å². The van der Waals surface area contributed by atoms with E-state index in [0.717, 1.165) is 11.1 Å². The smallest absolute Gasteiger partial charge is 0.241 e. The monoisotopic (exact) mass is 349 g/mol. The number of likely N-dealkylation sites (N-methyl/N-ethyl adjacent to an activating group) is 1. The average molecular weight is 350 g/mol. The van der Waals surface area contributed by atoms with E-state index in [9.17, 15) is 13.2 Å². The Bertz CT molecular complexity index is 622. The summed E-state index contributed by atoms with van der Waals surface area (Å²) in [5.41, 5.74) is 1.87. The minimum Gasteiger partial charge on any atom is -0.372 e. The van der Waals surface area contributed by atoms with Gasteiger partial charge in [0.2, 0.25) is 15.9 Å². The lowest BCUT2D eigenvalue weighted by Crippen LogP contribution is -2.39. The summed E-state index contributed by atoms with van der Waals surface area (Å²) < 4.78 is 31.8. The van der Waals surface area contributed by atoms with Gasteiger partial charge in [-0.3, -0.25) is 4.79 Å². The zero-order valence-electron chi connectivity index (χ0n) is 12.2. The zero-order valence-corrected chi connectivity index (χ0v) is 13.9. The molecule has 0 aromatic heterocycles. The summed E-state index contributed by atoms with van der Waals surface area (Å²) in [5.74, 6) is -0.363. The van der Waals surface area contributed by atoms with Gasteiger partial charge in [0.1, 0.15) is 0 Å². The normalized spacial score (nSPS) is 13.3. The highest BCUT2D eigenvalue weighted by Gasteiger charge is 2.19. The second kappa shape index (κ2) is 8.44. The first-order valence-corrected chi connectivity index (χ1v) is 8.12. The van der Waals surface area contributed by atoms with Gasteiger partial charge >= 0.3 is 0 Å². The predicted molar refractivity (Wildman–Crippen MR) is 84.3 cm³/mol. The van der Waals surface area contributed by atoms with Gasteiger partial charge in [0.25, 0.3) is 0 Å². The van der Waals surface area contributed by atoms with Crippen LogP contribution >= 0.6 is 12.4 Å². The van der Waals surface area contributed by atoms with Crippen LogP contribution in [0.4, 0.5) is 0 Å². The van der Waals surface area contributed by atoms with Crippen molar-refractivity contribution in [3.8, 4) is 0 Å². The lowest BCUT2D eigenvalue weighted by molar-refractivity contribution is -0.119. The number of sulfonamides is 1. The van der Waals surface area contributed by atoms with E-state index in [2.05, 4.69) is 15.4 Å². The zero-order chi connectivity index (χ0) is 15.3. The van der Waals surface area contributed by atoms with Crippen molar-refractivity contribution < 1.29 is 17.9 Å². The summed E-state index contributed by atoms with van der Waals surface area (Å²) in [7, 11) is -1.92. The van der Waals surface area contributed by atoms with Crippen molar-refractivity contribution >= 4 is 28.3 Å². The molecule has 0 saturated heterocycles. The Labute approximate surface area is 136 Å². The number of rotatable bonds is 7. The van der Waals surface area contributed by atoms with E-state index in [1.165, 1.54) is 6.07 Å². The highest BCUT2D eigenvalue weighted by atomic mass is 35.5. The molecule has 1 heterocycles. The first-order valence-electron chi connectivity index (χ1n) is 6.63. The van der Waals surface area contributed by atoms with E-state index < -0.39 is 10.0 Å². The minimum absolute atomic E-state index is 0. The molecule has 124 valence electrons. The number of fused-ring (bicyclic) bond motifs is 1. The number of hydrogen-bond acceptors (Lipinski definition) is 5. The predicted octanol–water partition coefficient (Wildman–Crippen LogP) is -0.247. The van der Waals surface area contributed by atoms with Gasteiger partial charge in [-0.2, -0.15) is 0 Å². The second-order valence-corrected chi connectivity index (χ2v) is 6.47. The molecule has 1 aromatic rings. The van der Waals surface area contributed by atoms with Crippen molar-refractivity contribution in [2.45, 2.75) is 18.1 Å². The van der Waals surface area contributed by atoms with Gasteiger partial charge in [-0.05, 0) is 30.3 Å². The summed E-state index contributed by atoms with van der Waals surface area (Å²) in [6.45, 7) is 1.73. The second-order valence-electron chi connectivity index (χ2n) is 4.70. The molecule has 0 spiro atoms. The van der Waals surface area contributed by atoms with E-state index in [-0.39, 0.29) is 29.8 Å². The molecule has 0 bridgehead atoms. The molecule has 3 N–H and O–H groups in total. The third-order valence-corrected chi connectivity index (χ3v) is 4.52. The van der Waals surface area contributed by atoms with E-state index in [1.807, 2.05) is 0 Å². The topological polar surface area (TPSA) is 96.5 Å². The number of benzene rings is 1. The van der Waals surface area contributed by atoms with Crippen LogP contribution in [0.15, 0.2) is 23.1 Å². The Morgan fingerprint density at radius 1 is 1.23 bits per heavy atom. The Balaban J connectivity index is 0.00000242. The fraction of sp³-hybridized carbons (Fsp3) is 0.462. The fourth-order valence-electron chi connectivity index (χ4n) is 1.95. The van der Waals surface area contributed by atoms with Crippen molar-refractivity contribution in [3.05, 3.63) is 29.3 Å². The quantitative estimate of drug-likeness (QED) is 0.590. The van der Waals surface area contributed by atoms with Gasteiger partial charge in [0.15, 0.2) is 0 Å². The van der Waals surface area contributed by atoms with Crippen molar-refractivity contribution in [2.75, 3.05) is 26.7 Å². The number of nitrogens with one attached hydrogen (secondary N) is 3. The molecule has 1 aliphatic heterocycles. The number of amides is 1. The summed E-state index contributed by atoms with van der Waals surface area (Å²) in [6, 6.07) is 4.85. The Hall–Kier alpha value is -1.19. The molecule has 0 fully saturated rings. The van der Waals surface area contributed by atoms with Gasteiger partial charge < -0.3 is 15.4 Å². The molecule has 2 rings (SSSR count). The van der Waals surface area contributed by atoms with Gasteiger partial charge in [0, 0.05) is 13.1 Å². The lowest BCUT2D eigenvalue weighted by Gasteiger charge is -2.08. The maximum Gasteiger partial charge on any atom is 0.241 e. The molecule has 0 saturated carbocycles. The SMILES string of the molecule is CNCCNC(=O)CNS(=O)(=O)c1ccc2c(c1)COC2.Cl. The minimum atomic E-state index is -3.69. The van der Waals surface area contributed by atoms with Crippen LogP contribution in [0.2, 0.25) is 0 Å². The summed E-state index contributed by atoms with van der Waals surface area (Å²) in [5, 5.41) is 5.48. The van der Waals surface area contributed by atoms with Crippen LogP contribution in [0.25, 0.3) is 0 Å². The first-order chi connectivity index (χ1) is 10.0. The maximum absolute atomic E-state index is 12.1. The van der Waals surface area contributed by atoms with Crippen LogP contribution in [-0.2, 0) is 32.8 Å². The number of halogens is 1. The molecule has 0 aliphatic carbocycles. The van der Waals surface area contributed by atoms with Crippen molar-refractivity contribution in [2.24, 2.45) is 0 Å². The van der Waals surface area contributed by atoms with E-state index in [4.69, 9.17) is 4.74 Å². The number of carbonyl (C=O) groups is 1. The molecule has 22 heavy (non-hydrogen) atoms. The molecule has 0 unspecified atom stereocenters. The van der Waals surface area contributed by atoms with Crippen LogP contribution in [0.5, 0.6) is 0 Å². The van der Waals surface area contributed by atoms with Gasteiger partial charge in [-0.1, -0.05) is 6.07 Å². The molecule has 7 nitrogen and oxygen atoms in total.